The maximum Gasteiger partial charge on any atom is 0.417 e. The molecule has 1 atom stereocenters. The molecule has 0 amide bonds. The zero-order valence-corrected chi connectivity index (χ0v) is 14.9. The molecule has 1 spiro atoms. The lowest BCUT2D eigenvalue weighted by atomic mass is 9.87. The Morgan fingerprint density at radius 2 is 2.04 bits per heavy atom. The van der Waals surface area contributed by atoms with Crippen LogP contribution >= 0.6 is 0 Å². The minimum absolute atomic E-state index is 0.147. The first kappa shape index (κ1) is 19.1. The summed E-state index contributed by atoms with van der Waals surface area (Å²) in [4.78, 5) is 11.1. The van der Waals surface area contributed by atoms with E-state index in [-0.39, 0.29) is 18.5 Å². The highest BCUT2D eigenvalue weighted by Crippen LogP contribution is 2.39. The molecule has 1 aromatic carbocycles. The minimum Gasteiger partial charge on any atom is -0.465 e. The van der Waals surface area contributed by atoms with Crippen LogP contribution in [0.2, 0.25) is 0 Å². The second kappa shape index (κ2) is 6.50. The standard InChI is InChI=1S/C16H19F3N2O4S/c1-25-14(22)12-3-2-11(8-13(12)16(17,18)19)26(23,24)21-7-5-15(10-21)4-6-20-9-15/h2-3,8,20H,4-7,9-10H2,1H3. The first-order valence-corrected chi connectivity index (χ1v) is 9.54. The van der Waals surface area contributed by atoms with Crippen LogP contribution in [0, 0.1) is 5.41 Å². The van der Waals surface area contributed by atoms with E-state index in [0.29, 0.717) is 19.0 Å². The molecule has 1 aromatic rings. The summed E-state index contributed by atoms with van der Waals surface area (Å²) in [5.74, 6) is -1.17. The maximum absolute atomic E-state index is 13.3. The third kappa shape index (κ3) is 3.33. The number of sulfonamides is 1. The Morgan fingerprint density at radius 3 is 2.62 bits per heavy atom. The number of methoxy groups -OCH3 is 1. The van der Waals surface area contributed by atoms with E-state index in [1.807, 2.05) is 0 Å². The molecule has 2 fully saturated rings. The summed E-state index contributed by atoms with van der Waals surface area (Å²) >= 11 is 0. The molecular formula is C16H19F3N2O4S. The van der Waals surface area contributed by atoms with Crippen LogP contribution in [-0.2, 0) is 20.9 Å². The lowest BCUT2D eigenvalue weighted by Crippen LogP contribution is -2.33. The van der Waals surface area contributed by atoms with E-state index in [2.05, 4.69) is 10.1 Å². The maximum atomic E-state index is 13.3. The van der Waals surface area contributed by atoms with Crippen molar-refractivity contribution in [2.24, 2.45) is 5.41 Å². The molecule has 3 rings (SSSR count). The van der Waals surface area contributed by atoms with Gasteiger partial charge in [-0.1, -0.05) is 0 Å². The van der Waals surface area contributed by atoms with Crippen molar-refractivity contribution in [3.8, 4) is 0 Å². The second-order valence-electron chi connectivity index (χ2n) is 6.71. The number of hydrogen-bond donors (Lipinski definition) is 1. The lowest BCUT2D eigenvalue weighted by molar-refractivity contribution is -0.138. The fourth-order valence-electron chi connectivity index (χ4n) is 3.60. The number of halogens is 3. The van der Waals surface area contributed by atoms with Crippen molar-refractivity contribution in [2.75, 3.05) is 33.3 Å². The number of carbonyl (C=O) groups is 1. The molecule has 10 heteroatoms. The molecular weight excluding hydrogens is 373 g/mol. The van der Waals surface area contributed by atoms with Crippen LogP contribution in [-0.4, -0.2) is 52.0 Å². The van der Waals surface area contributed by atoms with E-state index in [0.717, 1.165) is 32.2 Å². The van der Waals surface area contributed by atoms with Crippen molar-refractivity contribution < 1.29 is 31.1 Å². The van der Waals surface area contributed by atoms with Gasteiger partial charge in [0.1, 0.15) is 0 Å². The van der Waals surface area contributed by atoms with Crippen LogP contribution in [0.5, 0.6) is 0 Å². The summed E-state index contributed by atoms with van der Waals surface area (Å²) in [6.07, 6.45) is -3.36. The fourth-order valence-corrected chi connectivity index (χ4v) is 5.18. The molecule has 2 aliphatic rings. The summed E-state index contributed by atoms with van der Waals surface area (Å²) in [5, 5.41) is 3.20. The zero-order chi connectivity index (χ0) is 19.2. The molecule has 6 nitrogen and oxygen atoms in total. The summed E-state index contributed by atoms with van der Waals surface area (Å²) in [6.45, 7) is 2.06. The number of esters is 1. The smallest absolute Gasteiger partial charge is 0.417 e. The fraction of sp³-hybridized carbons (Fsp3) is 0.562. The summed E-state index contributed by atoms with van der Waals surface area (Å²) in [6, 6.07) is 2.39. The second-order valence-corrected chi connectivity index (χ2v) is 8.65. The van der Waals surface area contributed by atoms with Crippen LogP contribution < -0.4 is 5.32 Å². The number of ether oxygens (including phenoxy) is 1. The van der Waals surface area contributed by atoms with E-state index in [9.17, 15) is 26.4 Å². The third-order valence-electron chi connectivity index (χ3n) is 5.07. The van der Waals surface area contributed by atoms with Crippen molar-refractivity contribution in [1.29, 1.82) is 0 Å². The minimum atomic E-state index is -4.88. The molecule has 0 bridgehead atoms. The number of carbonyl (C=O) groups excluding carboxylic acids is 1. The van der Waals surface area contributed by atoms with Gasteiger partial charge in [-0.3, -0.25) is 0 Å². The molecule has 0 aromatic heterocycles. The molecule has 1 unspecified atom stereocenters. The number of nitrogens with one attached hydrogen (secondary N) is 1. The molecule has 144 valence electrons. The van der Waals surface area contributed by atoms with Crippen molar-refractivity contribution in [2.45, 2.75) is 23.9 Å². The largest absolute Gasteiger partial charge is 0.465 e. The number of rotatable bonds is 3. The van der Waals surface area contributed by atoms with Gasteiger partial charge in [0.15, 0.2) is 0 Å². The van der Waals surface area contributed by atoms with Gasteiger partial charge in [0, 0.05) is 19.6 Å². The SMILES string of the molecule is COC(=O)c1ccc(S(=O)(=O)N2CCC3(CCNC3)C2)cc1C(F)(F)F. The van der Waals surface area contributed by atoms with E-state index >= 15 is 0 Å². The summed E-state index contributed by atoms with van der Waals surface area (Å²) < 4.78 is 71.2. The van der Waals surface area contributed by atoms with Crippen molar-refractivity contribution in [3.63, 3.8) is 0 Å². The van der Waals surface area contributed by atoms with E-state index in [4.69, 9.17) is 0 Å². The Bertz CT molecular complexity index is 817. The Balaban J connectivity index is 1.97. The monoisotopic (exact) mass is 392 g/mol. The molecule has 2 aliphatic heterocycles. The first-order valence-electron chi connectivity index (χ1n) is 8.10. The highest BCUT2D eigenvalue weighted by atomic mass is 32.2. The molecule has 0 aliphatic carbocycles. The van der Waals surface area contributed by atoms with Gasteiger partial charge >= 0.3 is 12.1 Å². The van der Waals surface area contributed by atoms with Crippen LogP contribution in [0.3, 0.4) is 0 Å². The zero-order valence-electron chi connectivity index (χ0n) is 14.1. The number of alkyl halides is 3. The molecule has 0 radical (unpaired) electrons. The number of benzene rings is 1. The van der Waals surface area contributed by atoms with Crippen LogP contribution in [0.25, 0.3) is 0 Å². The average molecular weight is 392 g/mol. The molecule has 0 saturated carbocycles. The van der Waals surface area contributed by atoms with Gasteiger partial charge in [-0.15, -0.1) is 0 Å². The van der Waals surface area contributed by atoms with Gasteiger partial charge in [-0.05, 0) is 43.0 Å². The van der Waals surface area contributed by atoms with Gasteiger partial charge in [0.25, 0.3) is 0 Å². The Hall–Kier alpha value is -1.65. The van der Waals surface area contributed by atoms with E-state index < -0.39 is 38.2 Å². The van der Waals surface area contributed by atoms with Crippen LogP contribution in [0.4, 0.5) is 13.2 Å². The Labute approximate surface area is 149 Å². The van der Waals surface area contributed by atoms with Crippen LogP contribution in [0.1, 0.15) is 28.8 Å². The van der Waals surface area contributed by atoms with E-state index in [1.54, 1.807) is 0 Å². The highest BCUT2D eigenvalue weighted by Gasteiger charge is 2.45. The van der Waals surface area contributed by atoms with Crippen molar-refractivity contribution in [3.05, 3.63) is 29.3 Å². The Kier molecular flexibility index (Phi) is 4.78. The van der Waals surface area contributed by atoms with Gasteiger partial charge < -0.3 is 10.1 Å². The van der Waals surface area contributed by atoms with Gasteiger partial charge in [0.05, 0.1) is 23.1 Å². The molecule has 2 heterocycles. The number of hydrogen-bond acceptors (Lipinski definition) is 5. The summed E-state index contributed by atoms with van der Waals surface area (Å²) in [7, 11) is -3.12. The number of nitrogens with zero attached hydrogens (tertiary/aromatic N) is 1. The normalized spacial score (nSPS) is 24.3. The van der Waals surface area contributed by atoms with Crippen molar-refractivity contribution in [1.82, 2.24) is 9.62 Å². The van der Waals surface area contributed by atoms with Gasteiger partial charge in [-0.2, -0.15) is 17.5 Å². The summed E-state index contributed by atoms with van der Waals surface area (Å²) in [5.41, 5.74) is -2.18. The predicted molar refractivity (Wildman–Crippen MR) is 86.1 cm³/mol. The molecule has 26 heavy (non-hydrogen) atoms. The van der Waals surface area contributed by atoms with Gasteiger partial charge in [-0.25, -0.2) is 13.2 Å². The predicted octanol–water partition coefficient (Wildman–Crippen LogP) is 1.87. The van der Waals surface area contributed by atoms with E-state index in [1.165, 1.54) is 4.31 Å². The average Bonchev–Trinajstić information content (AvgIpc) is 3.23. The quantitative estimate of drug-likeness (QED) is 0.795. The third-order valence-corrected chi connectivity index (χ3v) is 6.92. The lowest BCUT2D eigenvalue weighted by Gasteiger charge is -2.23. The first-order chi connectivity index (χ1) is 12.1. The molecule has 1 N–H and O–H groups in total. The Morgan fingerprint density at radius 1 is 1.31 bits per heavy atom. The van der Waals surface area contributed by atoms with Crippen LogP contribution in [0.15, 0.2) is 23.1 Å². The van der Waals surface area contributed by atoms with Crippen molar-refractivity contribution >= 4 is 16.0 Å². The highest BCUT2D eigenvalue weighted by molar-refractivity contribution is 7.89. The molecule has 2 saturated heterocycles. The topological polar surface area (TPSA) is 75.7 Å². The van der Waals surface area contributed by atoms with Gasteiger partial charge in [0.2, 0.25) is 10.0 Å².